The summed E-state index contributed by atoms with van der Waals surface area (Å²) < 4.78 is 0. The highest BCUT2D eigenvalue weighted by Crippen LogP contribution is 2.43. The second-order valence-corrected chi connectivity index (χ2v) is 8.44. The van der Waals surface area contributed by atoms with Crippen LogP contribution < -0.4 is 5.32 Å². The van der Waals surface area contributed by atoms with E-state index in [1.54, 1.807) is 11.3 Å². The number of aryl methyl sites for hydroxylation is 2. The minimum atomic E-state index is 0.121. The van der Waals surface area contributed by atoms with Crippen LogP contribution in [0.4, 0.5) is 0 Å². The maximum Gasteiger partial charge on any atom is 0.261 e. The molecule has 0 bridgehead atoms. The highest BCUT2D eigenvalue weighted by Gasteiger charge is 2.38. The molecule has 24 heavy (non-hydrogen) atoms. The molecule has 0 atom stereocenters. The number of hydrogen-bond acceptors (Lipinski definition) is 2. The number of carbonyl (C=O) groups is 1. The Morgan fingerprint density at radius 2 is 1.83 bits per heavy atom. The Balaban J connectivity index is 1.45. The molecule has 126 valence electrons. The molecule has 2 aromatic rings. The van der Waals surface area contributed by atoms with Gasteiger partial charge in [-0.15, -0.1) is 11.3 Å². The Labute approximate surface area is 148 Å². The van der Waals surface area contributed by atoms with Gasteiger partial charge in [-0.2, -0.15) is 0 Å². The Morgan fingerprint density at radius 3 is 2.58 bits per heavy atom. The van der Waals surface area contributed by atoms with Crippen LogP contribution in [-0.4, -0.2) is 12.5 Å². The number of fused-ring (bicyclic) bond motifs is 1. The van der Waals surface area contributed by atoms with E-state index in [2.05, 4.69) is 41.7 Å². The second-order valence-electron chi connectivity index (χ2n) is 7.30. The zero-order chi connectivity index (χ0) is 16.4. The van der Waals surface area contributed by atoms with E-state index in [1.807, 2.05) is 0 Å². The van der Waals surface area contributed by atoms with Crippen LogP contribution in [0.5, 0.6) is 0 Å². The van der Waals surface area contributed by atoms with Gasteiger partial charge < -0.3 is 5.32 Å². The fourth-order valence-electron chi connectivity index (χ4n) is 4.08. The van der Waals surface area contributed by atoms with Crippen molar-refractivity contribution in [3.8, 4) is 0 Å². The molecule has 0 aliphatic heterocycles. The lowest BCUT2D eigenvalue weighted by Gasteiger charge is -2.42. The summed E-state index contributed by atoms with van der Waals surface area (Å²) in [6.07, 6.45) is 9.78. The van der Waals surface area contributed by atoms with Crippen molar-refractivity contribution in [1.29, 1.82) is 0 Å². The molecule has 0 unspecified atom stereocenters. The molecule has 2 aliphatic rings. The summed E-state index contributed by atoms with van der Waals surface area (Å²) in [5.74, 6) is 0.121. The lowest BCUT2D eigenvalue weighted by Crippen LogP contribution is -2.45. The third-order valence-corrected chi connectivity index (χ3v) is 6.99. The van der Waals surface area contributed by atoms with Crippen molar-refractivity contribution in [1.82, 2.24) is 5.32 Å². The first-order valence-corrected chi connectivity index (χ1v) is 10.0. The van der Waals surface area contributed by atoms with Gasteiger partial charge in [0.25, 0.3) is 5.91 Å². The summed E-state index contributed by atoms with van der Waals surface area (Å²) in [4.78, 5) is 15.0. The van der Waals surface area contributed by atoms with Gasteiger partial charge in [-0.3, -0.25) is 4.79 Å². The van der Waals surface area contributed by atoms with E-state index in [0.717, 1.165) is 24.3 Å². The van der Waals surface area contributed by atoms with E-state index in [9.17, 15) is 4.79 Å². The van der Waals surface area contributed by atoms with Crippen LogP contribution in [0.3, 0.4) is 0 Å². The molecule has 2 aliphatic carbocycles. The van der Waals surface area contributed by atoms with Gasteiger partial charge >= 0.3 is 0 Å². The molecule has 1 fully saturated rings. The first-order chi connectivity index (χ1) is 11.8. The number of benzene rings is 1. The third kappa shape index (κ3) is 3.02. The normalized spacial score (nSPS) is 19.0. The Bertz CT molecular complexity index is 691. The SMILES string of the molecule is O=C(NCC1(c2ccccc2)CCC1)c1cc2c(s1)CCCCC2. The van der Waals surface area contributed by atoms with Crippen molar-refractivity contribution >= 4 is 17.2 Å². The average Bonchev–Trinajstić information content (AvgIpc) is 2.86. The van der Waals surface area contributed by atoms with Crippen LogP contribution >= 0.6 is 11.3 Å². The molecular formula is C21H25NOS. The highest BCUT2D eigenvalue weighted by atomic mass is 32.1. The maximum atomic E-state index is 12.7. The number of nitrogens with one attached hydrogen (secondary N) is 1. The Morgan fingerprint density at radius 1 is 1.04 bits per heavy atom. The minimum absolute atomic E-state index is 0.121. The van der Waals surface area contributed by atoms with Crippen molar-refractivity contribution in [2.75, 3.05) is 6.54 Å². The number of amides is 1. The van der Waals surface area contributed by atoms with Crippen LogP contribution in [0.25, 0.3) is 0 Å². The van der Waals surface area contributed by atoms with Crippen LogP contribution in [-0.2, 0) is 18.3 Å². The molecule has 1 aromatic carbocycles. The van der Waals surface area contributed by atoms with Crippen molar-refractivity contribution < 1.29 is 4.79 Å². The van der Waals surface area contributed by atoms with Crippen molar-refractivity contribution in [2.45, 2.75) is 56.8 Å². The van der Waals surface area contributed by atoms with E-state index in [1.165, 1.54) is 54.5 Å². The zero-order valence-electron chi connectivity index (χ0n) is 14.1. The zero-order valence-corrected chi connectivity index (χ0v) is 15.0. The first-order valence-electron chi connectivity index (χ1n) is 9.22. The summed E-state index contributed by atoms with van der Waals surface area (Å²) in [6, 6.07) is 12.8. The Kier molecular flexibility index (Phi) is 4.45. The predicted molar refractivity (Wildman–Crippen MR) is 99.9 cm³/mol. The topological polar surface area (TPSA) is 29.1 Å². The molecule has 1 amide bonds. The van der Waals surface area contributed by atoms with E-state index >= 15 is 0 Å². The second kappa shape index (κ2) is 6.72. The molecule has 1 saturated carbocycles. The van der Waals surface area contributed by atoms with E-state index < -0.39 is 0 Å². The number of thiophene rings is 1. The van der Waals surface area contributed by atoms with Gasteiger partial charge in [-0.25, -0.2) is 0 Å². The maximum absolute atomic E-state index is 12.7. The summed E-state index contributed by atoms with van der Waals surface area (Å²) in [7, 11) is 0. The fraction of sp³-hybridized carbons (Fsp3) is 0.476. The van der Waals surface area contributed by atoms with E-state index in [0.29, 0.717) is 0 Å². The van der Waals surface area contributed by atoms with Gasteiger partial charge in [0, 0.05) is 16.8 Å². The van der Waals surface area contributed by atoms with Gasteiger partial charge in [-0.1, -0.05) is 43.2 Å². The summed E-state index contributed by atoms with van der Waals surface area (Å²) in [6.45, 7) is 0.762. The van der Waals surface area contributed by atoms with Crippen LogP contribution in [0.1, 0.15) is 64.2 Å². The fourth-order valence-corrected chi connectivity index (χ4v) is 5.25. The van der Waals surface area contributed by atoms with Crippen molar-refractivity contribution in [3.63, 3.8) is 0 Å². The van der Waals surface area contributed by atoms with Gasteiger partial charge in [-0.05, 0) is 55.7 Å². The molecule has 1 aromatic heterocycles. The Hall–Kier alpha value is -1.61. The smallest absolute Gasteiger partial charge is 0.261 e. The van der Waals surface area contributed by atoms with E-state index in [-0.39, 0.29) is 11.3 Å². The number of hydrogen-bond donors (Lipinski definition) is 1. The molecule has 2 nitrogen and oxygen atoms in total. The van der Waals surface area contributed by atoms with Crippen LogP contribution in [0, 0.1) is 0 Å². The third-order valence-electron chi connectivity index (χ3n) is 5.75. The minimum Gasteiger partial charge on any atom is -0.350 e. The molecule has 3 heteroatoms. The molecule has 1 N–H and O–H groups in total. The first kappa shape index (κ1) is 15.9. The van der Waals surface area contributed by atoms with E-state index in [4.69, 9.17) is 0 Å². The van der Waals surface area contributed by atoms with Gasteiger partial charge in [0.1, 0.15) is 0 Å². The largest absolute Gasteiger partial charge is 0.350 e. The summed E-state index contributed by atoms with van der Waals surface area (Å²) in [5.41, 5.74) is 2.95. The molecule has 0 spiro atoms. The summed E-state index contributed by atoms with van der Waals surface area (Å²) >= 11 is 1.72. The van der Waals surface area contributed by atoms with Gasteiger partial charge in [0.15, 0.2) is 0 Å². The number of rotatable bonds is 4. The number of carbonyl (C=O) groups excluding carboxylic acids is 1. The molecular weight excluding hydrogens is 314 g/mol. The molecule has 1 heterocycles. The van der Waals surface area contributed by atoms with Crippen molar-refractivity contribution in [2.24, 2.45) is 0 Å². The van der Waals surface area contributed by atoms with Gasteiger partial charge in [0.2, 0.25) is 0 Å². The molecule has 0 radical (unpaired) electrons. The van der Waals surface area contributed by atoms with Crippen LogP contribution in [0.15, 0.2) is 36.4 Å². The standard InChI is InChI=1S/C21H25NOS/c23-20(19-14-16-8-3-1-6-11-18(16)24-19)22-15-21(12-7-13-21)17-9-4-2-5-10-17/h2,4-5,9-10,14H,1,3,6-8,11-13,15H2,(H,22,23). The highest BCUT2D eigenvalue weighted by molar-refractivity contribution is 7.14. The average molecular weight is 340 g/mol. The predicted octanol–water partition coefficient (Wildman–Crippen LogP) is 4.87. The molecule has 0 saturated heterocycles. The van der Waals surface area contributed by atoms with Gasteiger partial charge in [0.05, 0.1) is 4.88 Å². The molecule has 4 rings (SSSR count). The summed E-state index contributed by atoms with van der Waals surface area (Å²) in [5, 5.41) is 3.24. The lowest BCUT2D eigenvalue weighted by atomic mass is 9.64. The lowest BCUT2D eigenvalue weighted by molar-refractivity contribution is 0.0932. The monoisotopic (exact) mass is 339 g/mol. The quantitative estimate of drug-likeness (QED) is 0.791. The van der Waals surface area contributed by atoms with Crippen molar-refractivity contribution in [3.05, 3.63) is 57.3 Å². The van der Waals surface area contributed by atoms with Crippen LogP contribution in [0.2, 0.25) is 0 Å².